The van der Waals surface area contributed by atoms with E-state index in [9.17, 15) is 4.79 Å². The number of thiazole rings is 1. The van der Waals surface area contributed by atoms with Crippen LogP contribution in [0.3, 0.4) is 0 Å². The van der Waals surface area contributed by atoms with Crippen LogP contribution in [0.5, 0.6) is 0 Å². The number of anilines is 2. The number of esters is 1. The molecule has 4 rings (SSSR count). The van der Waals surface area contributed by atoms with Crippen LogP contribution in [0.15, 0.2) is 46.5 Å². The first kappa shape index (κ1) is 18.1. The van der Waals surface area contributed by atoms with E-state index in [2.05, 4.69) is 15.0 Å². The summed E-state index contributed by atoms with van der Waals surface area (Å²) in [6.07, 6.45) is 1.54. The Labute approximate surface area is 165 Å². The van der Waals surface area contributed by atoms with Gasteiger partial charge in [0.25, 0.3) is 0 Å². The lowest BCUT2D eigenvalue weighted by molar-refractivity contribution is 0.0491. The van der Waals surface area contributed by atoms with Gasteiger partial charge in [0.1, 0.15) is 23.7 Å². The van der Waals surface area contributed by atoms with Gasteiger partial charge in [-0.3, -0.25) is 0 Å². The summed E-state index contributed by atoms with van der Waals surface area (Å²) < 4.78 is 10.7. The maximum Gasteiger partial charge on any atom is 0.374 e. The molecule has 0 radical (unpaired) electrons. The molecular formula is C20H18N4O3S. The standard InChI is InChI=1S/C20H18N4O3S/c1-4-26-20(25)17-8-7-16(27-17)13-5-6-15-14(9-13)19(22-11-21-15)24(3)18-10-28-12(2)23-18/h5-11H,4H2,1-3H3. The summed E-state index contributed by atoms with van der Waals surface area (Å²) in [6, 6.07) is 9.13. The molecule has 28 heavy (non-hydrogen) atoms. The normalized spacial score (nSPS) is 11.0. The van der Waals surface area contributed by atoms with E-state index in [-0.39, 0.29) is 5.76 Å². The Hall–Kier alpha value is -3.26. The quantitative estimate of drug-likeness (QED) is 0.458. The molecule has 0 saturated carbocycles. The first-order chi connectivity index (χ1) is 13.6. The van der Waals surface area contributed by atoms with Crippen molar-refractivity contribution in [3.8, 4) is 11.3 Å². The summed E-state index contributed by atoms with van der Waals surface area (Å²) >= 11 is 1.59. The van der Waals surface area contributed by atoms with Crippen molar-refractivity contribution < 1.29 is 13.9 Å². The van der Waals surface area contributed by atoms with Crippen molar-refractivity contribution in [3.05, 3.63) is 52.8 Å². The SMILES string of the molecule is CCOC(=O)c1ccc(-c2ccc3ncnc(N(C)c4csc(C)n4)c3c2)o1. The zero-order chi connectivity index (χ0) is 19.7. The van der Waals surface area contributed by atoms with Crippen LogP contribution in [0, 0.1) is 6.92 Å². The Kier molecular flexibility index (Phi) is 4.79. The van der Waals surface area contributed by atoms with Gasteiger partial charge in [0, 0.05) is 23.4 Å². The van der Waals surface area contributed by atoms with Crippen molar-refractivity contribution >= 4 is 39.8 Å². The average Bonchev–Trinajstić information content (AvgIpc) is 3.36. The number of rotatable bonds is 5. The molecule has 0 atom stereocenters. The summed E-state index contributed by atoms with van der Waals surface area (Å²) in [5.74, 6) is 1.85. The second-order valence-corrected chi connectivity index (χ2v) is 7.16. The number of nitrogens with zero attached hydrogens (tertiary/aromatic N) is 4. The molecule has 0 unspecified atom stereocenters. The molecule has 0 aliphatic heterocycles. The highest BCUT2D eigenvalue weighted by atomic mass is 32.1. The summed E-state index contributed by atoms with van der Waals surface area (Å²) in [5.41, 5.74) is 1.63. The second kappa shape index (κ2) is 7.40. The number of aryl methyl sites for hydroxylation is 1. The minimum absolute atomic E-state index is 0.177. The van der Waals surface area contributed by atoms with Crippen molar-refractivity contribution in [3.63, 3.8) is 0 Å². The van der Waals surface area contributed by atoms with Gasteiger partial charge in [-0.2, -0.15) is 0 Å². The third-order valence-corrected chi connectivity index (χ3v) is 5.01. The first-order valence-corrected chi connectivity index (χ1v) is 9.62. The van der Waals surface area contributed by atoms with Crippen LogP contribution in [0.1, 0.15) is 22.5 Å². The third kappa shape index (κ3) is 3.34. The van der Waals surface area contributed by atoms with Crippen molar-refractivity contribution in [1.82, 2.24) is 15.0 Å². The van der Waals surface area contributed by atoms with Crippen LogP contribution < -0.4 is 4.90 Å². The van der Waals surface area contributed by atoms with Crippen LogP contribution in [0.25, 0.3) is 22.2 Å². The maximum absolute atomic E-state index is 11.9. The molecule has 0 bridgehead atoms. The molecule has 0 aliphatic carbocycles. The molecule has 7 nitrogen and oxygen atoms in total. The predicted molar refractivity (Wildman–Crippen MR) is 108 cm³/mol. The van der Waals surface area contributed by atoms with Crippen LogP contribution >= 0.6 is 11.3 Å². The van der Waals surface area contributed by atoms with E-state index in [4.69, 9.17) is 9.15 Å². The minimum atomic E-state index is -0.475. The Bertz CT molecular complexity index is 1150. The smallest absolute Gasteiger partial charge is 0.374 e. The lowest BCUT2D eigenvalue weighted by Crippen LogP contribution is -2.12. The molecule has 142 valence electrons. The van der Waals surface area contributed by atoms with Crippen LogP contribution in [-0.4, -0.2) is 34.6 Å². The van der Waals surface area contributed by atoms with Gasteiger partial charge in [0.05, 0.1) is 17.1 Å². The van der Waals surface area contributed by atoms with Crippen LogP contribution in [-0.2, 0) is 4.74 Å². The Morgan fingerprint density at radius 2 is 2.11 bits per heavy atom. The van der Waals surface area contributed by atoms with Crippen LogP contribution in [0.4, 0.5) is 11.6 Å². The number of fused-ring (bicyclic) bond motifs is 1. The summed E-state index contributed by atoms with van der Waals surface area (Å²) in [5, 5.41) is 3.84. The van der Waals surface area contributed by atoms with Gasteiger partial charge < -0.3 is 14.1 Å². The molecule has 0 fully saturated rings. The number of benzene rings is 1. The number of aromatic nitrogens is 3. The number of carbonyl (C=O) groups is 1. The van der Waals surface area contributed by atoms with Gasteiger partial charge in [-0.05, 0) is 44.2 Å². The number of furan rings is 1. The number of ether oxygens (including phenoxy) is 1. The third-order valence-electron chi connectivity index (χ3n) is 4.25. The van der Waals surface area contributed by atoms with Crippen molar-refractivity contribution in [2.75, 3.05) is 18.6 Å². The van der Waals surface area contributed by atoms with Gasteiger partial charge in [-0.15, -0.1) is 11.3 Å². The number of carbonyl (C=O) groups excluding carboxylic acids is 1. The number of hydrogen-bond donors (Lipinski definition) is 0. The molecule has 0 N–H and O–H groups in total. The summed E-state index contributed by atoms with van der Waals surface area (Å²) in [4.78, 5) is 27.1. The fourth-order valence-corrected chi connectivity index (χ4v) is 3.52. The zero-order valence-corrected chi connectivity index (χ0v) is 16.5. The lowest BCUT2D eigenvalue weighted by atomic mass is 10.1. The Morgan fingerprint density at radius 3 is 2.86 bits per heavy atom. The molecule has 0 spiro atoms. The highest BCUT2D eigenvalue weighted by molar-refractivity contribution is 7.09. The Morgan fingerprint density at radius 1 is 1.25 bits per heavy atom. The number of hydrogen-bond acceptors (Lipinski definition) is 8. The van der Waals surface area contributed by atoms with Crippen molar-refractivity contribution in [2.24, 2.45) is 0 Å². The van der Waals surface area contributed by atoms with Crippen molar-refractivity contribution in [2.45, 2.75) is 13.8 Å². The van der Waals surface area contributed by atoms with E-state index in [0.29, 0.717) is 12.4 Å². The van der Waals surface area contributed by atoms with Gasteiger partial charge in [0.2, 0.25) is 5.76 Å². The monoisotopic (exact) mass is 394 g/mol. The molecule has 1 aromatic carbocycles. The van der Waals surface area contributed by atoms with E-state index in [0.717, 1.165) is 33.1 Å². The van der Waals surface area contributed by atoms with Crippen LogP contribution in [0.2, 0.25) is 0 Å². The largest absolute Gasteiger partial charge is 0.460 e. The van der Waals surface area contributed by atoms with Crippen molar-refractivity contribution in [1.29, 1.82) is 0 Å². The fourth-order valence-electron chi connectivity index (χ4n) is 2.88. The molecule has 3 heterocycles. The van der Waals surface area contributed by atoms with E-state index in [1.54, 1.807) is 36.7 Å². The van der Waals surface area contributed by atoms with Gasteiger partial charge in [-0.25, -0.2) is 19.7 Å². The molecule has 0 amide bonds. The second-order valence-electron chi connectivity index (χ2n) is 6.10. The van der Waals surface area contributed by atoms with Gasteiger partial charge in [0.15, 0.2) is 0 Å². The predicted octanol–water partition coefficient (Wildman–Crippen LogP) is 4.60. The molecule has 3 aromatic heterocycles. The Balaban J connectivity index is 1.75. The minimum Gasteiger partial charge on any atom is -0.460 e. The summed E-state index contributed by atoms with van der Waals surface area (Å²) in [6.45, 7) is 4.02. The maximum atomic E-state index is 11.9. The topological polar surface area (TPSA) is 81.4 Å². The average molecular weight is 394 g/mol. The highest BCUT2D eigenvalue weighted by Crippen LogP contribution is 2.32. The molecule has 4 aromatic rings. The van der Waals surface area contributed by atoms with Gasteiger partial charge in [-0.1, -0.05) is 0 Å². The molecular weight excluding hydrogens is 376 g/mol. The molecule has 0 aliphatic rings. The van der Waals surface area contributed by atoms with E-state index < -0.39 is 5.97 Å². The van der Waals surface area contributed by atoms with E-state index in [1.807, 2.05) is 42.5 Å². The van der Waals surface area contributed by atoms with E-state index >= 15 is 0 Å². The molecule has 8 heteroatoms. The van der Waals surface area contributed by atoms with E-state index in [1.165, 1.54) is 0 Å². The molecule has 0 saturated heterocycles. The fraction of sp³-hybridized carbons (Fsp3) is 0.200. The lowest BCUT2D eigenvalue weighted by Gasteiger charge is -2.17. The first-order valence-electron chi connectivity index (χ1n) is 8.74. The highest BCUT2D eigenvalue weighted by Gasteiger charge is 2.16. The van der Waals surface area contributed by atoms with Gasteiger partial charge >= 0.3 is 5.97 Å². The summed E-state index contributed by atoms with van der Waals surface area (Å²) in [7, 11) is 1.93. The zero-order valence-electron chi connectivity index (χ0n) is 15.7.